The third-order valence-corrected chi connectivity index (χ3v) is 5.47. The molecule has 0 bridgehead atoms. The fourth-order valence-electron chi connectivity index (χ4n) is 2.62. The second-order valence-corrected chi connectivity index (χ2v) is 7.86. The van der Waals surface area contributed by atoms with Gasteiger partial charge in [0.1, 0.15) is 11.6 Å². The van der Waals surface area contributed by atoms with E-state index in [4.69, 9.17) is 17.3 Å². The summed E-state index contributed by atoms with van der Waals surface area (Å²) in [7, 11) is 0. The topological polar surface area (TPSA) is 137 Å². The molecule has 2 aromatic heterocycles. The number of halogens is 3. The van der Waals surface area contributed by atoms with Crippen LogP contribution in [0.1, 0.15) is 21.7 Å². The van der Waals surface area contributed by atoms with Crippen molar-refractivity contribution in [1.29, 1.82) is 0 Å². The van der Waals surface area contributed by atoms with Gasteiger partial charge in [0.05, 0.1) is 11.9 Å². The lowest BCUT2D eigenvalue weighted by atomic mass is 10.2. The first-order valence-electron chi connectivity index (χ1n) is 9.12. The number of amides is 1. The Morgan fingerprint density at radius 2 is 2.03 bits per heavy atom. The van der Waals surface area contributed by atoms with E-state index in [1.165, 1.54) is 16.4 Å². The molecule has 3 N–H and O–H groups in total. The SMILES string of the molecule is Nc1nonc1-n1nnc(C(=O)N/N=C\c2cc(F)ccc2F)c1CSc1ccc(Cl)cc1. The second kappa shape index (κ2) is 9.75. The molecule has 0 saturated carbocycles. The van der Waals surface area contributed by atoms with E-state index in [1.54, 1.807) is 12.1 Å². The Hall–Kier alpha value is -3.84. The van der Waals surface area contributed by atoms with Crippen LogP contribution in [0, 0.1) is 11.6 Å². The number of hydrazone groups is 1. The molecule has 0 unspecified atom stereocenters. The summed E-state index contributed by atoms with van der Waals surface area (Å²) < 4.78 is 32.8. The van der Waals surface area contributed by atoms with Gasteiger partial charge in [0.15, 0.2) is 5.69 Å². The Labute approximate surface area is 193 Å². The second-order valence-electron chi connectivity index (χ2n) is 6.38. The lowest BCUT2D eigenvalue weighted by molar-refractivity contribution is 0.0949. The lowest BCUT2D eigenvalue weighted by Gasteiger charge is -2.06. The van der Waals surface area contributed by atoms with Gasteiger partial charge in [-0.1, -0.05) is 16.8 Å². The Balaban J connectivity index is 1.58. The summed E-state index contributed by atoms with van der Waals surface area (Å²) >= 11 is 7.29. The molecule has 0 aliphatic rings. The van der Waals surface area contributed by atoms with Crippen LogP contribution in [0.5, 0.6) is 0 Å². The molecule has 0 aliphatic heterocycles. The zero-order valence-corrected chi connectivity index (χ0v) is 18.0. The molecule has 0 saturated heterocycles. The average Bonchev–Trinajstić information content (AvgIpc) is 3.41. The molecular formula is C19H13ClF2N8O2S. The minimum absolute atomic E-state index is 0.0517. The Bertz CT molecular complexity index is 1330. The molecule has 2 aromatic carbocycles. The number of benzene rings is 2. The number of carbonyl (C=O) groups is 1. The number of nitrogens with one attached hydrogen (secondary N) is 1. The third kappa shape index (κ3) is 5.15. The number of nitrogen functional groups attached to an aromatic ring is 1. The van der Waals surface area contributed by atoms with Gasteiger partial charge in [-0.25, -0.2) is 18.8 Å². The molecule has 14 heteroatoms. The maximum atomic E-state index is 13.7. The smallest absolute Gasteiger partial charge is 0.293 e. The number of hydrogen-bond acceptors (Lipinski definition) is 9. The van der Waals surface area contributed by atoms with Crippen LogP contribution in [-0.4, -0.2) is 37.4 Å². The summed E-state index contributed by atoms with van der Waals surface area (Å²) in [5, 5.41) is 19.3. The van der Waals surface area contributed by atoms with Gasteiger partial charge in [-0.2, -0.15) is 9.78 Å². The molecule has 0 spiro atoms. The predicted octanol–water partition coefficient (Wildman–Crippen LogP) is 3.22. The van der Waals surface area contributed by atoms with E-state index in [9.17, 15) is 13.6 Å². The zero-order valence-electron chi connectivity index (χ0n) is 16.4. The molecule has 0 fully saturated rings. The largest absolute Gasteiger partial charge is 0.378 e. The highest BCUT2D eigenvalue weighted by Crippen LogP contribution is 2.27. The molecule has 33 heavy (non-hydrogen) atoms. The van der Waals surface area contributed by atoms with Gasteiger partial charge >= 0.3 is 0 Å². The van der Waals surface area contributed by atoms with Crippen molar-refractivity contribution in [3.05, 3.63) is 76.1 Å². The summed E-state index contributed by atoms with van der Waals surface area (Å²) in [6, 6.07) is 9.94. The summed E-state index contributed by atoms with van der Waals surface area (Å²) in [6.07, 6.45) is 0.975. The van der Waals surface area contributed by atoms with Crippen molar-refractivity contribution >= 4 is 41.3 Å². The monoisotopic (exact) mass is 490 g/mol. The maximum Gasteiger partial charge on any atom is 0.293 e. The van der Waals surface area contributed by atoms with Crippen molar-refractivity contribution in [2.24, 2.45) is 5.10 Å². The molecule has 2 heterocycles. The van der Waals surface area contributed by atoms with Crippen LogP contribution < -0.4 is 11.2 Å². The van der Waals surface area contributed by atoms with Crippen LogP contribution in [0.2, 0.25) is 5.02 Å². The first-order valence-corrected chi connectivity index (χ1v) is 10.5. The fourth-order valence-corrected chi connectivity index (χ4v) is 3.64. The minimum atomic E-state index is -0.740. The predicted molar refractivity (Wildman–Crippen MR) is 116 cm³/mol. The number of aromatic nitrogens is 5. The Kier molecular flexibility index (Phi) is 6.60. The Morgan fingerprint density at radius 1 is 1.24 bits per heavy atom. The van der Waals surface area contributed by atoms with Gasteiger partial charge in [-0.05, 0) is 52.8 Å². The number of rotatable bonds is 7. The van der Waals surface area contributed by atoms with Crippen LogP contribution in [0.4, 0.5) is 14.6 Å². The van der Waals surface area contributed by atoms with E-state index in [-0.39, 0.29) is 28.6 Å². The molecule has 168 valence electrons. The van der Waals surface area contributed by atoms with Gasteiger partial charge in [0.25, 0.3) is 5.91 Å². The summed E-state index contributed by atoms with van der Waals surface area (Å²) in [4.78, 5) is 13.6. The van der Waals surface area contributed by atoms with Gasteiger partial charge in [0.2, 0.25) is 11.6 Å². The molecule has 0 atom stereocenters. The van der Waals surface area contributed by atoms with Crippen molar-refractivity contribution in [1.82, 2.24) is 30.7 Å². The maximum absolute atomic E-state index is 13.7. The molecule has 0 aliphatic carbocycles. The summed E-state index contributed by atoms with van der Waals surface area (Å²) in [6.45, 7) is 0. The van der Waals surface area contributed by atoms with E-state index in [0.29, 0.717) is 10.7 Å². The number of hydrogen-bond donors (Lipinski definition) is 2. The zero-order chi connectivity index (χ0) is 23.4. The average molecular weight is 491 g/mol. The number of nitrogens with two attached hydrogens (primary N) is 1. The molecule has 4 aromatic rings. The van der Waals surface area contributed by atoms with Crippen LogP contribution in [0.25, 0.3) is 5.82 Å². The van der Waals surface area contributed by atoms with Gasteiger partial charge < -0.3 is 5.73 Å². The summed E-state index contributed by atoms with van der Waals surface area (Å²) in [5.74, 6) is -1.85. The van der Waals surface area contributed by atoms with Crippen LogP contribution >= 0.6 is 23.4 Å². The quantitative estimate of drug-likeness (QED) is 0.229. The molecule has 1 amide bonds. The molecular weight excluding hydrogens is 478 g/mol. The molecule has 0 radical (unpaired) electrons. The highest BCUT2D eigenvalue weighted by Gasteiger charge is 2.24. The van der Waals surface area contributed by atoms with Gasteiger partial charge in [-0.3, -0.25) is 4.79 Å². The van der Waals surface area contributed by atoms with Crippen molar-refractivity contribution in [3.63, 3.8) is 0 Å². The highest BCUT2D eigenvalue weighted by atomic mass is 35.5. The number of nitrogens with zero attached hydrogens (tertiary/aromatic N) is 6. The highest BCUT2D eigenvalue weighted by molar-refractivity contribution is 7.98. The summed E-state index contributed by atoms with van der Waals surface area (Å²) in [5.41, 5.74) is 8.07. The van der Waals surface area contributed by atoms with E-state index in [0.717, 1.165) is 29.3 Å². The normalized spacial score (nSPS) is 11.2. The Morgan fingerprint density at radius 3 is 2.76 bits per heavy atom. The van der Waals surface area contributed by atoms with E-state index in [2.05, 4.69) is 35.8 Å². The van der Waals surface area contributed by atoms with Crippen LogP contribution in [0.3, 0.4) is 0 Å². The fraction of sp³-hybridized carbons (Fsp3) is 0.0526. The van der Waals surface area contributed by atoms with E-state index in [1.807, 2.05) is 12.1 Å². The molecule has 4 rings (SSSR count). The van der Waals surface area contributed by atoms with E-state index < -0.39 is 17.5 Å². The standard InChI is InChI=1S/C19H13ClF2N8O2S/c20-11-1-4-13(5-2-11)33-9-15-16(25-29-30(15)18-17(23)27-32-28-18)19(31)26-24-8-10-7-12(21)3-6-14(10)22/h1-8H,9H2,(H2,23,27)(H,26,31)/b24-8-. The first-order chi connectivity index (χ1) is 15.9. The first kappa shape index (κ1) is 22.4. The van der Waals surface area contributed by atoms with Crippen molar-refractivity contribution < 1.29 is 18.2 Å². The van der Waals surface area contributed by atoms with Crippen molar-refractivity contribution in [2.75, 3.05) is 5.73 Å². The number of anilines is 1. The minimum Gasteiger partial charge on any atom is -0.378 e. The number of carbonyl (C=O) groups excluding carboxylic acids is 1. The third-order valence-electron chi connectivity index (χ3n) is 4.19. The van der Waals surface area contributed by atoms with Crippen LogP contribution in [-0.2, 0) is 5.75 Å². The number of thioether (sulfide) groups is 1. The lowest BCUT2D eigenvalue weighted by Crippen LogP contribution is -2.20. The van der Waals surface area contributed by atoms with E-state index >= 15 is 0 Å². The van der Waals surface area contributed by atoms with Crippen molar-refractivity contribution in [3.8, 4) is 5.82 Å². The molecule has 10 nitrogen and oxygen atoms in total. The van der Waals surface area contributed by atoms with Gasteiger partial charge in [-0.15, -0.1) is 16.9 Å². The van der Waals surface area contributed by atoms with Gasteiger partial charge in [0, 0.05) is 21.2 Å². The van der Waals surface area contributed by atoms with Crippen LogP contribution in [0.15, 0.2) is 57.1 Å². The van der Waals surface area contributed by atoms with Crippen molar-refractivity contribution in [2.45, 2.75) is 10.6 Å².